The Morgan fingerprint density at radius 1 is 1.18 bits per heavy atom. The van der Waals surface area contributed by atoms with Crippen molar-refractivity contribution >= 4 is 29.2 Å². The lowest BCUT2D eigenvalue weighted by atomic mass is 9.92. The van der Waals surface area contributed by atoms with Crippen molar-refractivity contribution in [3.05, 3.63) is 58.9 Å². The number of amides is 1. The molecule has 6 nitrogen and oxygen atoms in total. The van der Waals surface area contributed by atoms with Gasteiger partial charge >= 0.3 is 6.09 Å². The fourth-order valence-electron chi connectivity index (χ4n) is 3.50. The first kappa shape index (κ1) is 18.6. The summed E-state index contributed by atoms with van der Waals surface area (Å²) in [5.74, 6) is 1.54. The van der Waals surface area contributed by atoms with Gasteiger partial charge in [-0.15, -0.1) is 0 Å². The highest BCUT2D eigenvalue weighted by molar-refractivity contribution is 6.34. The van der Waals surface area contributed by atoms with Gasteiger partial charge in [-0.25, -0.2) is 9.79 Å². The molecule has 1 amide bonds. The van der Waals surface area contributed by atoms with Crippen LogP contribution in [-0.2, 0) is 0 Å². The van der Waals surface area contributed by atoms with Gasteiger partial charge in [0, 0.05) is 36.5 Å². The second-order valence-corrected chi connectivity index (χ2v) is 7.35. The van der Waals surface area contributed by atoms with Crippen LogP contribution in [0.5, 0.6) is 5.75 Å². The molecular weight excluding hydrogens is 376 g/mol. The second-order valence-electron chi connectivity index (χ2n) is 6.94. The maximum atomic E-state index is 12.4. The normalized spacial score (nSPS) is 17.3. The van der Waals surface area contributed by atoms with Gasteiger partial charge in [0.25, 0.3) is 0 Å². The number of rotatable bonds is 3. The first-order valence-electron chi connectivity index (χ1n) is 9.37. The maximum Gasteiger partial charge on any atom is 0.415 e. The van der Waals surface area contributed by atoms with Gasteiger partial charge in [-0.1, -0.05) is 23.7 Å². The smallest absolute Gasteiger partial charge is 0.408 e. The highest BCUT2D eigenvalue weighted by atomic mass is 35.5. The Morgan fingerprint density at radius 3 is 2.71 bits per heavy atom. The molecule has 144 valence electrons. The van der Waals surface area contributed by atoms with Crippen LogP contribution in [0.1, 0.15) is 24.1 Å². The van der Waals surface area contributed by atoms with Gasteiger partial charge in [-0.3, -0.25) is 9.98 Å². The Balaban J connectivity index is 1.35. The van der Waals surface area contributed by atoms with E-state index in [9.17, 15) is 4.79 Å². The van der Waals surface area contributed by atoms with Gasteiger partial charge in [-0.05, 0) is 44.0 Å². The second kappa shape index (κ2) is 8.10. The number of pyridine rings is 1. The third-order valence-corrected chi connectivity index (χ3v) is 5.46. The fourth-order valence-corrected chi connectivity index (χ4v) is 3.72. The molecule has 2 aromatic rings. The lowest BCUT2D eigenvalue weighted by Gasteiger charge is -2.31. The Morgan fingerprint density at radius 2 is 1.96 bits per heavy atom. The maximum absolute atomic E-state index is 12.4. The number of halogens is 1. The summed E-state index contributed by atoms with van der Waals surface area (Å²) in [5, 5.41) is 0.662. The number of aromatic nitrogens is 1. The fraction of sp³-hybridized carbons (Fsp3) is 0.333. The summed E-state index contributed by atoms with van der Waals surface area (Å²) in [4.78, 5) is 27.6. The molecule has 2 aliphatic heterocycles. The molecule has 1 aromatic heterocycles. The third-order valence-electron chi connectivity index (χ3n) is 5.14. The van der Waals surface area contributed by atoms with E-state index < -0.39 is 0 Å². The van der Waals surface area contributed by atoms with Gasteiger partial charge in [-0.2, -0.15) is 0 Å². The number of hydrogen-bond acceptors (Lipinski definition) is 5. The van der Waals surface area contributed by atoms with Crippen molar-refractivity contribution in [1.82, 2.24) is 9.88 Å². The minimum absolute atomic E-state index is 0.323. The van der Waals surface area contributed by atoms with Gasteiger partial charge in [0.15, 0.2) is 11.6 Å². The summed E-state index contributed by atoms with van der Waals surface area (Å²) in [6, 6.07) is 11.1. The van der Waals surface area contributed by atoms with Crippen molar-refractivity contribution in [2.75, 3.05) is 19.6 Å². The third kappa shape index (κ3) is 3.92. The van der Waals surface area contributed by atoms with E-state index in [0.29, 0.717) is 47.9 Å². The number of likely N-dealkylation sites (tertiary alicyclic amines) is 1. The predicted molar refractivity (Wildman–Crippen MR) is 110 cm³/mol. The summed E-state index contributed by atoms with van der Waals surface area (Å²) >= 11 is 6.26. The highest BCUT2D eigenvalue weighted by Crippen LogP contribution is 2.25. The molecule has 0 N–H and O–H groups in total. The number of piperidine rings is 1. The van der Waals surface area contributed by atoms with Crippen LogP contribution < -0.4 is 4.74 Å². The highest BCUT2D eigenvalue weighted by Gasteiger charge is 2.29. The molecule has 1 aromatic carbocycles. The van der Waals surface area contributed by atoms with Crippen LogP contribution in [0.3, 0.4) is 0 Å². The van der Waals surface area contributed by atoms with Crippen molar-refractivity contribution < 1.29 is 9.53 Å². The van der Waals surface area contributed by atoms with Gasteiger partial charge in [0.1, 0.15) is 0 Å². The van der Waals surface area contributed by atoms with E-state index >= 15 is 0 Å². The number of benzene rings is 1. The molecule has 28 heavy (non-hydrogen) atoms. The summed E-state index contributed by atoms with van der Waals surface area (Å²) in [7, 11) is 0. The van der Waals surface area contributed by atoms with Crippen LogP contribution in [0, 0.1) is 12.8 Å². The van der Waals surface area contributed by atoms with Crippen LogP contribution >= 0.6 is 11.6 Å². The van der Waals surface area contributed by atoms with Crippen molar-refractivity contribution in [3.63, 3.8) is 0 Å². The molecule has 1 saturated heterocycles. The molecule has 0 unspecified atom stereocenters. The monoisotopic (exact) mass is 396 g/mol. The van der Waals surface area contributed by atoms with Crippen LogP contribution in [-0.4, -0.2) is 47.2 Å². The number of nitrogens with zero attached hydrogens (tertiary/aromatic N) is 4. The van der Waals surface area contributed by atoms with Gasteiger partial charge in [0.2, 0.25) is 0 Å². The average Bonchev–Trinajstić information content (AvgIpc) is 3.20. The first-order valence-corrected chi connectivity index (χ1v) is 9.75. The Bertz CT molecular complexity index is 949. The predicted octanol–water partition coefficient (Wildman–Crippen LogP) is 4.16. The zero-order valence-corrected chi connectivity index (χ0v) is 16.4. The number of aliphatic imine (C=N–C) groups is 2. The summed E-state index contributed by atoms with van der Waals surface area (Å²) in [6.45, 7) is 3.71. The van der Waals surface area contributed by atoms with Crippen molar-refractivity contribution in [3.8, 4) is 5.75 Å². The van der Waals surface area contributed by atoms with E-state index in [2.05, 4.69) is 9.98 Å². The van der Waals surface area contributed by atoms with E-state index in [1.807, 2.05) is 31.2 Å². The molecule has 3 heterocycles. The van der Waals surface area contributed by atoms with E-state index in [-0.39, 0.29) is 6.09 Å². The van der Waals surface area contributed by atoms with Crippen LogP contribution in [0.25, 0.3) is 0 Å². The lowest BCUT2D eigenvalue weighted by Crippen LogP contribution is -2.42. The Kier molecular flexibility index (Phi) is 5.39. The molecule has 0 atom stereocenters. The van der Waals surface area contributed by atoms with E-state index in [4.69, 9.17) is 21.3 Å². The molecule has 7 heteroatoms. The average molecular weight is 397 g/mol. The molecule has 2 aliphatic rings. The quantitative estimate of drug-likeness (QED) is 0.782. The summed E-state index contributed by atoms with van der Waals surface area (Å²) < 4.78 is 5.49. The number of aryl methyl sites for hydroxylation is 1. The lowest BCUT2D eigenvalue weighted by molar-refractivity contribution is 0.137. The molecule has 1 fully saturated rings. The van der Waals surface area contributed by atoms with Crippen LogP contribution in [0.2, 0.25) is 5.02 Å². The van der Waals surface area contributed by atoms with E-state index in [1.165, 1.54) is 0 Å². The van der Waals surface area contributed by atoms with Crippen molar-refractivity contribution in [2.45, 2.75) is 19.8 Å². The summed E-state index contributed by atoms with van der Waals surface area (Å²) in [6.07, 6.45) is 3.06. The number of hydrogen-bond donors (Lipinski definition) is 0. The van der Waals surface area contributed by atoms with E-state index in [0.717, 1.165) is 24.1 Å². The SMILES string of the molecule is Cc1ncccc1OC(=O)N1CCC(C2=NC(c3ccccc3Cl)=NC2)CC1. The molecule has 0 spiro atoms. The molecule has 4 rings (SSSR count). The van der Waals surface area contributed by atoms with Crippen molar-refractivity contribution in [2.24, 2.45) is 15.9 Å². The molecule has 0 radical (unpaired) electrons. The van der Waals surface area contributed by atoms with Gasteiger partial charge in [0.05, 0.1) is 17.3 Å². The number of carbonyl (C=O) groups excluding carboxylic acids is 1. The molecule has 0 bridgehead atoms. The first-order chi connectivity index (χ1) is 13.6. The largest absolute Gasteiger partial charge is 0.415 e. The zero-order valence-electron chi connectivity index (χ0n) is 15.6. The molecular formula is C21H21ClN4O2. The topological polar surface area (TPSA) is 67.2 Å². The van der Waals surface area contributed by atoms with Crippen molar-refractivity contribution in [1.29, 1.82) is 0 Å². The van der Waals surface area contributed by atoms with E-state index in [1.54, 1.807) is 23.2 Å². The minimum Gasteiger partial charge on any atom is -0.408 e. The Hall–Kier alpha value is -2.73. The number of amidine groups is 1. The number of ether oxygens (including phenoxy) is 1. The molecule has 0 saturated carbocycles. The van der Waals surface area contributed by atoms with Crippen LogP contribution in [0.4, 0.5) is 4.79 Å². The van der Waals surface area contributed by atoms with Gasteiger partial charge < -0.3 is 9.64 Å². The molecule has 0 aliphatic carbocycles. The Labute approximate surface area is 168 Å². The standard InChI is InChI=1S/C21H21ClN4O2/c1-14-19(7-4-10-23-14)28-21(27)26-11-8-15(9-12-26)18-13-24-20(25-18)16-5-2-3-6-17(16)22/h2-7,10,15H,8-9,11-13H2,1H3. The minimum atomic E-state index is -0.323. The van der Waals surface area contributed by atoms with Crippen LogP contribution in [0.15, 0.2) is 52.6 Å². The zero-order chi connectivity index (χ0) is 19.5. The number of carbonyl (C=O) groups is 1. The summed E-state index contributed by atoms with van der Waals surface area (Å²) in [5.41, 5.74) is 2.65.